The summed E-state index contributed by atoms with van der Waals surface area (Å²) in [6.07, 6.45) is 0. The Morgan fingerprint density at radius 1 is 0.364 bits per heavy atom. The second kappa shape index (κ2) is 11.7. The number of aromatic nitrogens is 3. The standard InChI is InChI=1S/C49H27N3O2S/c1-2-12-29-27-30(26-25-28(29)11-1)47-50-48(36-18-8-21-39-43(36)33-13-3-5-20-38(33)53-39)52-49(51-47)37-19-9-22-40-44(37)35-17-7-16-32(46(35)54-40)31-15-10-24-42-45(31)34-14-4-6-23-41(34)55-42/h1-27H. The van der Waals surface area contributed by atoms with Crippen LogP contribution in [0, 0.1) is 0 Å². The Morgan fingerprint density at radius 3 is 1.80 bits per heavy atom. The largest absolute Gasteiger partial charge is 0.456 e. The van der Waals surface area contributed by atoms with Gasteiger partial charge in [0.25, 0.3) is 0 Å². The first kappa shape index (κ1) is 30.3. The molecule has 4 aromatic heterocycles. The van der Waals surface area contributed by atoms with Gasteiger partial charge in [0.1, 0.15) is 22.3 Å². The van der Waals surface area contributed by atoms with E-state index < -0.39 is 0 Å². The Kier molecular flexibility index (Phi) is 6.44. The van der Waals surface area contributed by atoms with E-state index in [9.17, 15) is 0 Å². The molecule has 0 unspecified atom stereocenters. The van der Waals surface area contributed by atoms with E-state index in [0.29, 0.717) is 17.5 Å². The zero-order valence-electron chi connectivity index (χ0n) is 29.2. The minimum atomic E-state index is 0.572. The molecule has 12 aromatic rings. The molecule has 12 rings (SSSR count). The average Bonchev–Trinajstić information content (AvgIpc) is 3.95. The number of hydrogen-bond acceptors (Lipinski definition) is 6. The molecule has 5 nitrogen and oxygen atoms in total. The number of furan rings is 2. The Balaban J connectivity index is 1.12. The molecule has 0 amide bonds. The first-order valence-electron chi connectivity index (χ1n) is 18.3. The van der Waals surface area contributed by atoms with Crippen LogP contribution in [0.3, 0.4) is 0 Å². The van der Waals surface area contributed by atoms with E-state index in [2.05, 4.69) is 121 Å². The zero-order valence-corrected chi connectivity index (χ0v) is 30.0. The van der Waals surface area contributed by atoms with Crippen LogP contribution in [0.4, 0.5) is 0 Å². The molecule has 0 aliphatic heterocycles. The number of fused-ring (bicyclic) bond motifs is 10. The second-order valence-corrected chi connectivity index (χ2v) is 15.0. The molecule has 0 bridgehead atoms. The van der Waals surface area contributed by atoms with Gasteiger partial charge in [-0.25, -0.2) is 15.0 Å². The molecular formula is C49H27N3O2S. The van der Waals surface area contributed by atoms with E-state index in [4.69, 9.17) is 23.8 Å². The lowest BCUT2D eigenvalue weighted by Crippen LogP contribution is -2.00. The zero-order chi connectivity index (χ0) is 36.0. The van der Waals surface area contributed by atoms with E-state index >= 15 is 0 Å². The Bertz CT molecular complexity index is 3520. The maximum atomic E-state index is 6.83. The van der Waals surface area contributed by atoms with E-state index in [1.807, 2.05) is 53.8 Å². The van der Waals surface area contributed by atoms with Crippen LogP contribution < -0.4 is 0 Å². The van der Waals surface area contributed by atoms with E-state index in [1.54, 1.807) is 0 Å². The fourth-order valence-corrected chi connectivity index (χ4v) is 9.41. The van der Waals surface area contributed by atoms with Crippen molar-refractivity contribution in [2.45, 2.75) is 0 Å². The molecule has 0 spiro atoms. The van der Waals surface area contributed by atoms with Crippen molar-refractivity contribution in [3.05, 3.63) is 164 Å². The Hall–Kier alpha value is -7.15. The molecule has 4 heterocycles. The number of benzene rings is 8. The van der Waals surface area contributed by atoms with Gasteiger partial charge in [-0.15, -0.1) is 11.3 Å². The van der Waals surface area contributed by atoms with E-state index in [0.717, 1.165) is 82.5 Å². The monoisotopic (exact) mass is 721 g/mol. The lowest BCUT2D eigenvalue weighted by Gasteiger charge is -2.10. The quantitative estimate of drug-likeness (QED) is 0.181. The van der Waals surface area contributed by atoms with Gasteiger partial charge in [0.05, 0.1) is 0 Å². The van der Waals surface area contributed by atoms with Crippen LogP contribution >= 0.6 is 11.3 Å². The van der Waals surface area contributed by atoms with Crippen molar-refractivity contribution >= 4 is 86.2 Å². The number of nitrogens with zero attached hydrogens (tertiary/aromatic N) is 3. The highest BCUT2D eigenvalue weighted by atomic mass is 32.1. The highest BCUT2D eigenvalue weighted by molar-refractivity contribution is 7.25. The van der Waals surface area contributed by atoms with Crippen molar-refractivity contribution in [2.24, 2.45) is 0 Å². The van der Waals surface area contributed by atoms with Crippen molar-refractivity contribution in [3.63, 3.8) is 0 Å². The molecule has 0 atom stereocenters. The van der Waals surface area contributed by atoms with Gasteiger partial charge in [0, 0.05) is 64.0 Å². The van der Waals surface area contributed by atoms with Crippen LogP contribution in [0.15, 0.2) is 173 Å². The maximum Gasteiger partial charge on any atom is 0.164 e. The predicted molar refractivity (Wildman–Crippen MR) is 227 cm³/mol. The second-order valence-electron chi connectivity index (χ2n) is 13.9. The molecule has 0 aliphatic rings. The van der Waals surface area contributed by atoms with Gasteiger partial charge in [-0.2, -0.15) is 0 Å². The summed E-state index contributed by atoms with van der Waals surface area (Å²) in [5.74, 6) is 1.74. The fraction of sp³-hybridized carbons (Fsp3) is 0. The van der Waals surface area contributed by atoms with Gasteiger partial charge < -0.3 is 8.83 Å². The Morgan fingerprint density at radius 2 is 0.945 bits per heavy atom. The minimum Gasteiger partial charge on any atom is -0.456 e. The summed E-state index contributed by atoms with van der Waals surface area (Å²) >= 11 is 1.82. The molecule has 0 N–H and O–H groups in total. The highest BCUT2D eigenvalue weighted by Gasteiger charge is 2.22. The van der Waals surface area contributed by atoms with Crippen LogP contribution in [-0.2, 0) is 0 Å². The van der Waals surface area contributed by atoms with Crippen molar-refractivity contribution in [3.8, 4) is 45.3 Å². The third-order valence-electron chi connectivity index (χ3n) is 10.7. The summed E-state index contributed by atoms with van der Waals surface area (Å²) in [7, 11) is 0. The average molecular weight is 722 g/mol. The normalized spacial score (nSPS) is 12.0. The summed E-state index contributed by atoms with van der Waals surface area (Å²) in [5, 5.41) is 8.76. The summed E-state index contributed by atoms with van der Waals surface area (Å²) in [5.41, 5.74) is 8.12. The number of rotatable bonds is 4. The van der Waals surface area contributed by atoms with Crippen molar-refractivity contribution in [1.82, 2.24) is 15.0 Å². The van der Waals surface area contributed by atoms with Gasteiger partial charge in [0.15, 0.2) is 17.5 Å². The van der Waals surface area contributed by atoms with Crippen LogP contribution in [0.25, 0.3) is 120 Å². The van der Waals surface area contributed by atoms with Crippen molar-refractivity contribution < 1.29 is 8.83 Å². The summed E-state index contributed by atoms with van der Waals surface area (Å²) in [6.45, 7) is 0. The van der Waals surface area contributed by atoms with Crippen molar-refractivity contribution in [2.75, 3.05) is 0 Å². The van der Waals surface area contributed by atoms with Gasteiger partial charge in [-0.1, -0.05) is 127 Å². The SMILES string of the molecule is c1ccc2cc(-c3nc(-c4cccc5oc6ccccc6c45)nc(-c4cccc5oc6c(-c7cccc8sc9ccccc9c78)cccc6c45)n3)ccc2c1. The molecule has 0 fully saturated rings. The number of para-hydroxylation sites is 2. The van der Waals surface area contributed by atoms with Crippen LogP contribution in [0.5, 0.6) is 0 Å². The first-order valence-corrected chi connectivity index (χ1v) is 19.1. The lowest BCUT2D eigenvalue weighted by atomic mass is 9.97. The van der Waals surface area contributed by atoms with Gasteiger partial charge in [-0.3, -0.25) is 0 Å². The first-order chi connectivity index (χ1) is 27.2. The molecule has 0 radical (unpaired) electrons. The Labute approximate surface area is 317 Å². The molecule has 0 saturated carbocycles. The number of thiophene rings is 1. The summed E-state index contributed by atoms with van der Waals surface area (Å²) in [6, 6.07) is 56.7. The molecule has 256 valence electrons. The molecule has 0 aliphatic carbocycles. The third kappa shape index (κ3) is 4.62. The minimum absolute atomic E-state index is 0.572. The van der Waals surface area contributed by atoms with Crippen molar-refractivity contribution in [1.29, 1.82) is 0 Å². The van der Waals surface area contributed by atoms with E-state index in [-0.39, 0.29) is 0 Å². The third-order valence-corrected chi connectivity index (χ3v) is 11.9. The highest BCUT2D eigenvalue weighted by Crippen LogP contribution is 2.45. The van der Waals surface area contributed by atoms with Gasteiger partial charge in [-0.05, 0) is 52.7 Å². The van der Waals surface area contributed by atoms with Crippen LogP contribution in [-0.4, -0.2) is 15.0 Å². The molecular weight excluding hydrogens is 695 g/mol. The smallest absolute Gasteiger partial charge is 0.164 e. The topological polar surface area (TPSA) is 65.0 Å². The lowest BCUT2D eigenvalue weighted by molar-refractivity contribution is 0.669. The van der Waals surface area contributed by atoms with Gasteiger partial charge >= 0.3 is 0 Å². The molecule has 6 heteroatoms. The molecule has 0 saturated heterocycles. The predicted octanol–water partition coefficient (Wildman–Crippen LogP) is 13.9. The summed E-state index contributed by atoms with van der Waals surface area (Å²) < 4.78 is 15.7. The number of hydrogen-bond donors (Lipinski definition) is 0. The molecule has 55 heavy (non-hydrogen) atoms. The fourth-order valence-electron chi connectivity index (χ4n) is 8.28. The summed E-state index contributed by atoms with van der Waals surface area (Å²) in [4.78, 5) is 15.7. The molecule has 8 aromatic carbocycles. The maximum absolute atomic E-state index is 6.83. The van der Waals surface area contributed by atoms with E-state index in [1.165, 1.54) is 20.2 Å². The van der Waals surface area contributed by atoms with Crippen LogP contribution in [0.2, 0.25) is 0 Å². The van der Waals surface area contributed by atoms with Crippen LogP contribution in [0.1, 0.15) is 0 Å². The van der Waals surface area contributed by atoms with Gasteiger partial charge in [0.2, 0.25) is 0 Å².